The molecular formula is C30H31ClN4O3. The Hall–Kier alpha value is -4.10. The minimum atomic E-state index is -0.432. The molecule has 1 aromatic heterocycles. The van der Waals surface area contributed by atoms with Crippen LogP contribution in [-0.4, -0.2) is 21.7 Å². The highest BCUT2D eigenvalue weighted by molar-refractivity contribution is 6.30. The molecule has 1 heterocycles. The van der Waals surface area contributed by atoms with Crippen LogP contribution in [0.15, 0.2) is 83.8 Å². The van der Waals surface area contributed by atoms with Crippen LogP contribution < -0.4 is 20.9 Å². The van der Waals surface area contributed by atoms with E-state index in [0.29, 0.717) is 33.6 Å². The van der Waals surface area contributed by atoms with Crippen molar-refractivity contribution in [2.45, 2.75) is 46.1 Å². The summed E-state index contributed by atoms with van der Waals surface area (Å²) in [4.78, 5) is 26.4. The molecule has 7 nitrogen and oxygen atoms in total. The molecule has 1 amide bonds. The molecule has 196 valence electrons. The van der Waals surface area contributed by atoms with Gasteiger partial charge in [0.05, 0.1) is 11.9 Å². The maximum absolute atomic E-state index is 13.7. The summed E-state index contributed by atoms with van der Waals surface area (Å²) < 4.78 is 7.37. The Morgan fingerprint density at radius 1 is 1.03 bits per heavy atom. The number of amides is 1. The van der Waals surface area contributed by atoms with Gasteiger partial charge in [0.25, 0.3) is 11.5 Å². The van der Waals surface area contributed by atoms with Crippen LogP contribution in [0.25, 0.3) is 5.69 Å². The normalized spacial score (nSPS) is 11.7. The van der Waals surface area contributed by atoms with E-state index < -0.39 is 5.56 Å². The van der Waals surface area contributed by atoms with Crippen LogP contribution in [0.3, 0.4) is 0 Å². The lowest BCUT2D eigenvalue weighted by atomic mass is 10.0. The topological polar surface area (TPSA) is 85.2 Å². The van der Waals surface area contributed by atoms with Gasteiger partial charge in [0.2, 0.25) is 0 Å². The number of aromatic nitrogens is 2. The number of nitrogens with one attached hydrogen (secondary N) is 2. The number of rotatable bonds is 9. The molecule has 2 N–H and O–H groups in total. The molecular weight excluding hydrogens is 500 g/mol. The molecule has 3 aromatic carbocycles. The third-order valence-electron chi connectivity index (χ3n) is 6.15. The zero-order valence-corrected chi connectivity index (χ0v) is 22.6. The van der Waals surface area contributed by atoms with Gasteiger partial charge < -0.3 is 15.4 Å². The summed E-state index contributed by atoms with van der Waals surface area (Å²) in [7, 11) is 0. The fourth-order valence-corrected chi connectivity index (χ4v) is 3.95. The van der Waals surface area contributed by atoms with Crippen LogP contribution in [-0.2, 0) is 0 Å². The number of anilines is 2. The summed E-state index contributed by atoms with van der Waals surface area (Å²) in [5.74, 6) is 1.02. The second-order valence-corrected chi connectivity index (χ2v) is 9.83. The predicted molar refractivity (Wildman–Crippen MR) is 152 cm³/mol. The molecule has 0 aliphatic carbocycles. The predicted octanol–water partition coefficient (Wildman–Crippen LogP) is 7.07. The molecule has 1 atom stereocenters. The first kappa shape index (κ1) is 26.9. The average molecular weight is 531 g/mol. The monoisotopic (exact) mass is 530 g/mol. The molecule has 0 radical (unpaired) electrons. The number of carbonyl (C=O) groups is 1. The van der Waals surface area contributed by atoms with Crippen molar-refractivity contribution in [1.29, 1.82) is 0 Å². The zero-order valence-electron chi connectivity index (χ0n) is 21.9. The van der Waals surface area contributed by atoms with Crippen molar-refractivity contribution < 1.29 is 9.53 Å². The Morgan fingerprint density at radius 2 is 1.76 bits per heavy atom. The molecule has 38 heavy (non-hydrogen) atoms. The molecule has 1 unspecified atom stereocenters. The van der Waals surface area contributed by atoms with Crippen LogP contribution in [0.2, 0.25) is 5.02 Å². The Morgan fingerprint density at radius 3 is 2.45 bits per heavy atom. The Bertz CT molecular complexity index is 1480. The fraction of sp³-hybridized carbons (Fsp3) is 0.233. The summed E-state index contributed by atoms with van der Waals surface area (Å²) in [5.41, 5.74) is 2.47. The first-order valence-corrected chi connectivity index (χ1v) is 13.0. The average Bonchev–Trinajstić information content (AvgIpc) is 2.91. The highest BCUT2D eigenvalue weighted by atomic mass is 35.5. The van der Waals surface area contributed by atoms with Crippen LogP contribution in [0.1, 0.15) is 56.0 Å². The van der Waals surface area contributed by atoms with E-state index in [9.17, 15) is 9.59 Å². The van der Waals surface area contributed by atoms with Gasteiger partial charge in [-0.05, 0) is 73.4 Å². The van der Waals surface area contributed by atoms with E-state index in [0.717, 1.165) is 6.42 Å². The highest BCUT2D eigenvalue weighted by Crippen LogP contribution is 2.30. The Labute approximate surface area is 227 Å². The van der Waals surface area contributed by atoms with E-state index in [1.807, 2.05) is 38.1 Å². The fourth-order valence-electron chi connectivity index (χ4n) is 3.76. The van der Waals surface area contributed by atoms with Gasteiger partial charge in [-0.2, -0.15) is 9.78 Å². The maximum Gasteiger partial charge on any atom is 0.299 e. The molecule has 0 fully saturated rings. The number of carbonyl (C=O) groups excluding carboxylic acids is 1. The molecule has 0 aliphatic rings. The van der Waals surface area contributed by atoms with Crippen LogP contribution in [0.4, 0.5) is 11.4 Å². The van der Waals surface area contributed by atoms with Crippen LogP contribution in [0, 0.1) is 0 Å². The van der Waals surface area contributed by atoms with Gasteiger partial charge >= 0.3 is 0 Å². The van der Waals surface area contributed by atoms with Gasteiger partial charge in [-0.25, -0.2) is 0 Å². The first-order valence-electron chi connectivity index (χ1n) is 12.6. The van der Waals surface area contributed by atoms with Gasteiger partial charge in [-0.3, -0.25) is 9.59 Å². The number of halogens is 1. The summed E-state index contributed by atoms with van der Waals surface area (Å²) in [5, 5.41) is 10.9. The Balaban J connectivity index is 1.73. The van der Waals surface area contributed by atoms with E-state index in [-0.39, 0.29) is 23.4 Å². The van der Waals surface area contributed by atoms with Gasteiger partial charge in [0.15, 0.2) is 11.4 Å². The van der Waals surface area contributed by atoms with Crippen molar-refractivity contribution in [1.82, 2.24) is 15.1 Å². The minimum absolute atomic E-state index is 0.0475. The zero-order chi connectivity index (χ0) is 27.2. The number of ether oxygens (including phenoxy) is 1. The standard InChI is InChI=1S/C30H31ClN4O3/c1-5-20(4)33-29(36)22-8-6-10-24(16-22)34-28-27(38-26-14-12-21(13-15-26)19(2)3)18-32-35(30(28)37)25-11-7-9-23(31)17-25/h6-20,34H,5H2,1-4H3,(H,33,36). The minimum Gasteiger partial charge on any atom is -0.453 e. The van der Waals surface area contributed by atoms with Crippen LogP contribution in [0.5, 0.6) is 11.5 Å². The molecule has 4 rings (SSSR count). The molecule has 0 saturated carbocycles. The van der Waals surface area contributed by atoms with Gasteiger partial charge in [0, 0.05) is 22.3 Å². The van der Waals surface area contributed by atoms with Crippen molar-refractivity contribution in [2.75, 3.05) is 5.32 Å². The number of nitrogens with zero attached hydrogens (tertiary/aromatic N) is 2. The van der Waals surface area contributed by atoms with E-state index in [4.69, 9.17) is 16.3 Å². The SMILES string of the molecule is CCC(C)NC(=O)c1cccc(Nc2c(Oc3ccc(C(C)C)cc3)cnn(-c3cccc(Cl)c3)c2=O)c1. The molecule has 0 aliphatic heterocycles. The van der Waals surface area contributed by atoms with E-state index >= 15 is 0 Å². The largest absolute Gasteiger partial charge is 0.453 e. The number of hydrogen-bond acceptors (Lipinski definition) is 5. The van der Waals surface area contributed by atoms with E-state index in [1.165, 1.54) is 16.4 Å². The quantitative estimate of drug-likeness (QED) is 0.241. The van der Waals surface area contributed by atoms with Crippen molar-refractivity contribution in [3.63, 3.8) is 0 Å². The molecule has 0 spiro atoms. The van der Waals surface area contributed by atoms with Crippen molar-refractivity contribution in [2.24, 2.45) is 0 Å². The number of benzene rings is 3. The molecule has 0 bridgehead atoms. The third-order valence-corrected chi connectivity index (χ3v) is 6.39. The summed E-state index contributed by atoms with van der Waals surface area (Å²) in [6, 6.07) is 21.6. The first-order chi connectivity index (χ1) is 18.2. The van der Waals surface area contributed by atoms with Crippen molar-refractivity contribution in [3.8, 4) is 17.2 Å². The second-order valence-electron chi connectivity index (χ2n) is 9.40. The van der Waals surface area contributed by atoms with Gasteiger partial charge in [-0.15, -0.1) is 0 Å². The molecule has 8 heteroatoms. The second kappa shape index (κ2) is 12.0. The summed E-state index contributed by atoms with van der Waals surface area (Å²) in [6.07, 6.45) is 2.31. The lowest BCUT2D eigenvalue weighted by Gasteiger charge is -2.16. The number of hydrogen-bond donors (Lipinski definition) is 2. The lowest BCUT2D eigenvalue weighted by molar-refractivity contribution is 0.0939. The van der Waals surface area contributed by atoms with E-state index in [1.54, 1.807) is 48.5 Å². The lowest BCUT2D eigenvalue weighted by Crippen LogP contribution is -2.31. The van der Waals surface area contributed by atoms with Gasteiger partial charge in [-0.1, -0.05) is 56.6 Å². The van der Waals surface area contributed by atoms with Crippen LogP contribution >= 0.6 is 11.6 Å². The van der Waals surface area contributed by atoms with Gasteiger partial charge in [0.1, 0.15) is 5.75 Å². The van der Waals surface area contributed by atoms with Crippen molar-refractivity contribution in [3.05, 3.63) is 105 Å². The summed E-state index contributed by atoms with van der Waals surface area (Å²) >= 11 is 6.16. The smallest absolute Gasteiger partial charge is 0.299 e. The highest BCUT2D eigenvalue weighted by Gasteiger charge is 2.17. The Kier molecular flexibility index (Phi) is 8.48. The van der Waals surface area contributed by atoms with E-state index in [2.05, 4.69) is 29.6 Å². The van der Waals surface area contributed by atoms with Crippen molar-refractivity contribution >= 4 is 28.9 Å². The third kappa shape index (κ3) is 6.42. The molecule has 0 saturated heterocycles. The maximum atomic E-state index is 13.7. The molecule has 4 aromatic rings. The summed E-state index contributed by atoms with van der Waals surface area (Å²) in [6.45, 7) is 8.20.